The molecule has 1 amide bonds. The molecule has 6 nitrogen and oxygen atoms in total. The second-order valence-electron chi connectivity index (χ2n) is 5.48. The minimum atomic E-state index is -0.905. The lowest BCUT2D eigenvalue weighted by molar-refractivity contribution is -0.153. The van der Waals surface area contributed by atoms with Crippen LogP contribution in [0, 0.1) is 17.8 Å². The Labute approximate surface area is 119 Å². The molecule has 20 heavy (non-hydrogen) atoms. The van der Waals surface area contributed by atoms with Crippen LogP contribution >= 0.6 is 0 Å². The summed E-state index contributed by atoms with van der Waals surface area (Å²) in [4.78, 5) is 36.4. The van der Waals surface area contributed by atoms with Gasteiger partial charge in [0.15, 0.2) is 0 Å². The zero-order valence-electron chi connectivity index (χ0n) is 12.3. The van der Waals surface area contributed by atoms with Crippen LogP contribution in [-0.2, 0) is 19.1 Å². The molecule has 0 aromatic carbocycles. The van der Waals surface area contributed by atoms with Gasteiger partial charge in [-0.3, -0.25) is 14.4 Å². The maximum Gasteiger partial charge on any atom is 0.310 e. The Morgan fingerprint density at radius 2 is 1.80 bits per heavy atom. The molecule has 0 radical (unpaired) electrons. The van der Waals surface area contributed by atoms with Gasteiger partial charge in [-0.05, 0) is 12.8 Å². The van der Waals surface area contributed by atoms with E-state index in [0.717, 1.165) is 12.8 Å². The average Bonchev–Trinajstić information content (AvgIpc) is 2.45. The fourth-order valence-corrected chi connectivity index (χ4v) is 2.78. The summed E-state index contributed by atoms with van der Waals surface area (Å²) in [6, 6.07) is 0. The van der Waals surface area contributed by atoms with Crippen molar-refractivity contribution in [1.29, 1.82) is 0 Å². The third-order valence-electron chi connectivity index (χ3n) is 3.93. The fraction of sp³-hybridized carbons (Fsp3) is 0.786. The van der Waals surface area contributed by atoms with Crippen LogP contribution in [0.15, 0.2) is 0 Å². The first-order valence-electron chi connectivity index (χ1n) is 6.94. The van der Waals surface area contributed by atoms with Gasteiger partial charge in [0.05, 0.1) is 24.9 Å². The molecule has 1 rings (SSSR count). The average molecular weight is 285 g/mol. The largest absolute Gasteiger partial charge is 0.481 e. The number of aliphatic carboxylic acids is 1. The first-order chi connectivity index (χ1) is 9.38. The van der Waals surface area contributed by atoms with Gasteiger partial charge in [0, 0.05) is 13.6 Å². The lowest BCUT2D eigenvalue weighted by Crippen LogP contribution is -2.43. The number of rotatable bonds is 5. The second-order valence-corrected chi connectivity index (χ2v) is 5.48. The zero-order chi connectivity index (χ0) is 15.3. The number of esters is 1. The number of hydrogen-bond acceptors (Lipinski definition) is 4. The topological polar surface area (TPSA) is 83.9 Å². The van der Waals surface area contributed by atoms with E-state index in [-0.39, 0.29) is 18.4 Å². The molecule has 1 N–H and O–H groups in total. The van der Waals surface area contributed by atoms with E-state index in [2.05, 4.69) is 4.74 Å². The van der Waals surface area contributed by atoms with Crippen LogP contribution in [-0.4, -0.2) is 48.6 Å². The first-order valence-corrected chi connectivity index (χ1v) is 6.94. The summed E-state index contributed by atoms with van der Waals surface area (Å²) in [6.45, 7) is 1.93. The number of carboxylic acid groups (broad SMARTS) is 1. The molecule has 0 aromatic rings. The number of methoxy groups -OCH3 is 1. The molecule has 0 aromatic heterocycles. The molecule has 114 valence electrons. The van der Waals surface area contributed by atoms with Crippen molar-refractivity contribution in [1.82, 2.24) is 4.90 Å². The number of nitrogens with zero attached hydrogens (tertiary/aromatic N) is 1. The maximum atomic E-state index is 12.4. The molecule has 3 unspecified atom stereocenters. The molecule has 0 bridgehead atoms. The van der Waals surface area contributed by atoms with E-state index >= 15 is 0 Å². The summed E-state index contributed by atoms with van der Waals surface area (Å²) < 4.78 is 4.63. The molecular formula is C14H23NO5. The van der Waals surface area contributed by atoms with Crippen LogP contribution in [0.4, 0.5) is 0 Å². The summed E-state index contributed by atoms with van der Waals surface area (Å²) in [5.41, 5.74) is 0. The number of carbonyl (C=O) groups is 3. The summed E-state index contributed by atoms with van der Waals surface area (Å²) in [7, 11) is 2.91. The van der Waals surface area contributed by atoms with E-state index in [0.29, 0.717) is 12.8 Å². The van der Waals surface area contributed by atoms with Gasteiger partial charge in [0.2, 0.25) is 5.91 Å². The number of hydrogen-bond donors (Lipinski definition) is 1. The van der Waals surface area contributed by atoms with E-state index < -0.39 is 23.7 Å². The highest BCUT2D eigenvalue weighted by atomic mass is 16.5. The Kier molecular flexibility index (Phi) is 5.98. The predicted molar refractivity (Wildman–Crippen MR) is 71.9 cm³/mol. The molecular weight excluding hydrogens is 262 g/mol. The Morgan fingerprint density at radius 1 is 1.25 bits per heavy atom. The normalized spacial score (nSPS) is 23.8. The molecule has 6 heteroatoms. The maximum absolute atomic E-state index is 12.4. The van der Waals surface area contributed by atoms with Gasteiger partial charge >= 0.3 is 11.9 Å². The van der Waals surface area contributed by atoms with E-state index in [1.807, 2.05) is 0 Å². The van der Waals surface area contributed by atoms with Crippen molar-refractivity contribution in [2.24, 2.45) is 17.8 Å². The molecule has 1 aliphatic rings. The van der Waals surface area contributed by atoms with Gasteiger partial charge in [-0.2, -0.15) is 0 Å². The van der Waals surface area contributed by atoms with E-state index in [9.17, 15) is 19.5 Å². The van der Waals surface area contributed by atoms with Gasteiger partial charge in [-0.25, -0.2) is 0 Å². The van der Waals surface area contributed by atoms with Gasteiger partial charge in [0.1, 0.15) is 0 Å². The van der Waals surface area contributed by atoms with Crippen LogP contribution in [0.25, 0.3) is 0 Å². The van der Waals surface area contributed by atoms with E-state index in [1.54, 1.807) is 14.0 Å². The van der Waals surface area contributed by atoms with E-state index in [1.165, 1.54) is 12.0 Å². The van der Waals surface area contributed by atoms with Crippen LogP contribution in [0.2, 0.25) is 0 Å². The van der Waals surface area contributed by atoms with Gasteiger partial charge in [0.25, 0.3) is 0 Å². The molecule has 0 spiro atoms. The van der Waals surface area contributed by atoms with Crippen molar-refractivity contribution in [3.05, 3.63) is 0 Å². The summed E-state index contributed by atoms with van der Waals surface area (Å²) in [6.07, 6.45) is 2.88. The Balaban J connectivity index is 2.67. The third-order valence-corrected chi connectivity index (χ3v) is 3.93. The smallest absolute Gasteiger partial charge is 0.310 e. The van der Waals surface area contributed by atoms with Crippen molar-refractivity contribution < 1.29 is 24.2 Å². The lowest BCUT2D eigenvalue weighted by Gasteiger charge is -2.31. The van der Waals surface area contributed by atoms with Gasteiger partial charge < -0.3 is 14.7 Å². The Hall–Kier alpha value is -1.59. The van der Waals surface area contributed by atoms with Crippen LogP contribution < -0.4 is 0 Å². The molecule has 1 saturated carbocycles. The highest BCUT2D eigenvalue weighted by molar-refractivity contribution is 5.85. The van der Waals surface area contributed by atoms with Gasteiger partial charge in [-0.15, -0.1) is 0 Å². The molecule has 1 aliphatic carbocycles. The minimum absolute atomic E-state index is 0.187. The highest BCUT2D eigenvalue weighted by Gasteiger charge is 2.37. The second kappa shape index (κ2) is 7.26. The lowest BCUT2D eigenvalue weighted by atomic mass is 9.78. The number of amides is 1. The minimum Gasteiger partial charge on any atom is -0.481 e. The highest BCUT2D eigenvalue weighted by Crippen LogP contribution is 2.31. The standard InChI is InChI=1S/C14H23NO5/c1-9(14(19)20-3)8-15(2)12(16)10-6-4-5-7-11(10)13(17)18/h9-11H,4-8H2,1-3H3,(H,17,18). The summed E-state index contributed by atoms with van der Waals surface area (Å²) >= 11 is 0. The van der Waals surface area contributed by atoms with Crippen molar-refractivity contribution in [2.75, 3.05) is 20.7 Å². The molecule has 0 aliphatic heterocycles. The molecule has 3 atom stereocenters. The fourth-order valence-electron chi connectivity index (χ4n) is 2.78. The number of carboxylic acids is 1. The summed E-state index contributed by atoms with van der Waals surface area (Å²) in [5.74, 6) is -2.96. The molecule has 1 fully saturated rings. The molecule has 0 saturated heterocycles. The van der Waals surface area contributed by atoms with Crippen molar-refractivity contribution in [2.45, 2.75) is 32.6 Å². The van der Waals surface area contributed by atoms with E-state index in [4.69, 9.17) is 0 Å². The SMILES string of the molecule is COC(=O)C(C)CN(C)C(=O)C1CCCCC1C(=O)O. The van der Waals surface area contributed by atoms with Crippen molar-refractivity contribution >= 4 is 17.8 Å². The quantitative estimate of drug-likeness (QED) is 0.766. The summed E-state index contributed by atoms with van der Waals surface area (Å²) in [5, 5.41) is 9.20. The van der Waals surface area contributed by atoms with Crippen LogP contribution in [0.3, 0.4) is 0 Å². The van der Waals surface area contributed by atoms with Crippen molar-refractivity contribution in [3.63, 3.8) is 0 Å². The Morgan fingerprint density at radius 3 is 2.30 bits per heavy atom. The Bertz CT molecular complexity index is 382. The van der Waals surface area contributed by atoms with Gasteiger partial charge in [-0.1, -0.05) is 19.8 Å². The van der Waals surface area contributed by atoms with Crippen LogP contribution in [0.1, 0.15) is 32.6 Å². The molecule has 0 heterocycles. The third kappa shape index (κ3) is 3.95. The number of carbonyl (C=O) groups excluding carboxylic acids is 2. The number of ether oxygens (including phenoxy) is 1. The van der Waals surface area contributed by atoms with Crippen LogP contribution in [0.5, 0.6) is 0 Å². The zero-order valence-corrected chi connectivity index (χ0v) is 12.3. The van der Waals surface area contributed by atoms with Crippen molar-refractivity contribution in [3.8, 4) is 0 Å². The predicted octanol–water partition coefficient (Wildman–Crippen LogP) is 1.14. The monoisotopic (exact) mass is 285 g/mol. The first kappa shape index (κ1) is 16.5.